The number of fused-ring (bicyclic) bond motifs is 1. The Kier molecular flexibility index (Phi) is 2.69. The number of nitrogens with one attached hydrogen (secondary N) is 1. The predicted octanol–water partition coefficient (Wildman–Crippen LogP) is 3.39. The van der Waals surface area contributed by atoms with Gasteiger partial charge in [-0.2, -0.15) is 18.4 Å². The van der Waals surface area contributed by atoms with Crippen LogP contribution >= 0.6 is 0 Å². The molecule has 0 radical (unpaired) electrons. The van der Waals surface area contributed by atoms with E-state index in [9.17, 15) is 22.0 Å². The van der Waals surface area contributed by atoms with E-state index in [0.717, 1.165) is 0 Å². The summed E-state index contributed by atoms with van der Waals surface area (Å²) in [5, 5.41) is 8.71. The number of H-pyrrole nitrogens is 1. The Morgan fingerprint density at radius 1 is 1.28 bits per heavy atom. The number of nitriles is 1. The molecule has 0 aliphatic heterocycles. The first-order valence-electron chi connectivity index (χ1n) is 4.62. The third kappa shape index (κ3) is 1.99. The topological polar surface area (TPSA) is 52.5 Å². The molecular weight excluding hydrogens is 257 g/mol. The molecule has 2 aromatic rings. The monoisotopic (exact) mass is 261 g/mol. The first-order valence-corrected chi connectivity index (χ1v) is 4.62. The number of halogens is 5. The van der Waals surface area contributed by atoms with Crippen LogP contribution in [0, 0.1) is 11.3 Å². The lowest BCUT2D eigenvalue weighted by Gasteiger charge is -2.06. The molecule has 0 aliphatic carbocycles. The molecule has 18 heavy (non-hydrogen) atoms. The van der Waals surface area contributed by atoms with Crippen molar-refractivity contribution in [2.75, 3.05) is 0 Å². The minimum atomic E-state index is -4.66. The lowest BCUT2D eigenvalue weighted by atomic mass is 10.1. The number of nitrogens with zero attached hydrogens (tertiary/aromatic N) is 2. The van der Waals surface area contributed by atoms with Gasteiger partial charge in [-0.3, -0.25) is 0 Å². The van der Waals surface area contributed by atoms with Crippen LogP contribution < -0.4 is 0 Å². The highest BCUT2D eigenvalue weighted by Crippen LogP contribution is 2.33. The van der Waals surface area contributed by atoms with Crippen LogP contribution in [0.25, 0.3) is 11.0 Å². The summed E-state index contributed by atoms with van der Waals surface area (Å²) in [4.78, 5) is 5.48. The molecule has 0 spiro atoms. The molecule has 94 valence electrons. The lowest BCUT2D eigenvalue weighted by molar-refractivity contribution is -0.137. The van der Waals surface area contributed by atoms with Gasteiger partial charge in [-0.1, -0.05) is 0 Å². The molecule has 0 atom stereocenters. The maximum Gasteiger partial charge on any atom is 0.416 e. The smallest absolute Gasteiger partial charge is 0.337 e. The van der Waals surface area contributed by atoms with Crippen molar-refractivity contribution in [2.24, 2.45) is 0 Å². The zero-order valence-electron chi connectivity index (χ0n) is 8.52. The maximum absolute atomic E-state index is 12.5. The van der Waals surface area contributed by atoms with Crippen LogP contribution in [0.4, 0.5) is 22.0 Å². The van der Waals surface area contributed by atoms with Crippen molar-refractivity contribution in [3.8, 4) is 6.07 Å². The summed E-state index contributed by atoms with van der Waals surface area (Å²) in [7, 11) is 0. The summed E-state index contributed by atoms with van der Waals surface area (Å²) >= 11 is 0. The molecule has 3 nitrogen and oxygen atoms in total. The van der Waals surface area contributed by atoms with Gasteiger partial charge in [0.1, 0.15) is 11.6 Å². The van der Waals surface area contributed by atoms with E-state index in [1.165, 1.54) is 6.07 Å². The summed E-state index contributed by atoms with van der Waals surface area (Å²) in [5.74, 6) is -0.763. The summed E-state index contributed by atoms with van der Waals surface area (Å²) in [6.07, 6.45) is -7.60. The number of rotatable bonds is 1. The molecule has 0 bridgehead atoms. The Labute approximate surface area is 96.9 Å². The average Bonchev–Trinajstić information content (AvgIpc) is 2.70. The number of alkyl halides is 5. The number of hydrogen-bond donors (Lipinski definition) is 1. The number of aromatic nitrogens is 2. The van der Waals surface area contributed by atoms with Crippen molar-refractivity contribution >= 4 is 11.0 Å². The van der Waals surface area contributed by atoms with Crippen molar-refractivity contribution in [1.82, 2.24) is 9.97 Å². The fourth-order valence-electron chi connectivity index (χ4n) is 1.49. The Balaban J connectivity index is 2.73. The van der Waals surface area contributed by atoms with Gasteiger partial charge in [-0.05, 0) is 12.1 Å². The van der Waals surface area contributed by atoms with E-state index in [2.05, 4.69) is 9.97 Å². The second-order valence-corrected chi connectivity index (χ2v) is 3.45. The van der Waals surface area contributed by atoms with Gasteiger partial charge in [0, 0.05) is 0 Å². The predicted molar refractivity (Wildman–Crippen MR) is 50.8 cm³/mol. The van der Waals surface area contributed by atoms with Gasteiger partial charge in [-0.25, -0.2) is 13.8 Å². The number of benzene rings is 1. The molecule has 0 fully saturated rings. The third-order valence-electron chi connectivity index (χ3n) is 2.26. The largest absolute Gasteiger partial charge is 0.416 e. The van der Waals surface area contributed by atoms with Crippen molar-refractivity contribution < 1.29 is 22.0 Å². The Bertz CT molecular complexity index is 635. The van der Waals surface area contributed by atoms with E-state index >= 15 is 0 Å². The first-order chi connectivity index (χ1) is 8.32. The van der Waals surface area contributed by atoms with Crippen molar-refractivity contribution in [3.63, 3.8) is 0 Å². The molecule has 0 aliphatic rings. The first kappa shape index (κ1) is 12.3. The van der Waals surface area contributed by atoms with Crippen molar-refractivity contribution in [1.29, 1.82) is 5.26 Å². The maximum atomic E-state index is 12.5. The van der Waals surface area contributed by atoms with Crippen LogP contribution in [0.15, 0.2) is 12.1 Å². The molecule has 0 saturated carbocycles. The molecular formula is C10H4F5N3. The zero-order valence-corrected chi connectivity index (χ0v) is 8.52. The molecule has 2 rings (SSSR count). The second-order valence-electron chi connectivity index (χ2n) is 3.45. The van der Waals surface area contributed by atoms with Crippen LogP contribution in [0.5, 0.6) is 0 Å². The molecule has 8 heteroatoms. The summed E-state index contributed by atoms with van der Waals surface area (Å²) in [5.41, 5.74) is -1.92. The molecule has 0 unspecified atom stereocenters. The van der Waals surface area contributed by atoms with Gasteiger partial charge in [0.25, 0.3) is 6.43 Å². The Hall–Kier alpha value is -2.17. The highest BCUT2D eigenvalue weighted by Gasteiger charge is 2.32. The summed E-state index contributed by atoms with van der Waals surface area (Å²) < 4.78 is 62.3. The lowest BCUT2D eigenvalue weighted by Crippen LogP contribution is -2.05. The van der Waals surface area contributed by atoms with Gasteiger partial charge in [0.05, 0.1) is 16.6 Å². The Morgan fingerprint density at radius 2 is 1.94 bits per heavy atom. The minimum absolute atomic E-state index is 0.194. The van der Waals surface area contributed by atoms with E-state index in [0.29, 0.717) is 12.1 Å². The standard InChI is InChI=1S/C10H4F5N3/c11-8(12)9-17-6-2-5(10(13,14)15)1-4(3-16)7(6)18-9/h1-2,8H,(H,17,18). The quantitative estimate of drug-likeness (QED) is 0.800. The molecule has 1 aromatic carbocycles. The zero-order chi connectivity index (χ0) is 13.5. The van der Waals surface area contributed by atoms with E-state index in [4.69, 9.17) is 5.26 Å². The third-order valence-corrected chi connectivity index (χ3v) is 2.26. The molecule has 1 aromatic heterocycles. The number of aromatic amines is 1. The second kappa shape index (κ2) is 3.94. The SMILES string of the molecule is N#Cc1cc(C(F)(F)F)cc2[nH]c(C(F)F)nc12. The van der Waals surface area contributed by atoms with Gasteiger partial charge in [0.15, 0.2) is 5.82 Å². The molecule has 1 N–H and O–H groups in total. The normalized spacial score (nSPS) is 12.1. The molecule has 0 saturated heterocycles. The minimum Gasteiger partial charge on any atom is -0.337 e. The number of hydrogen-bond acceptors (Lipinski definition) is 2. The van der Waals surface area contributed by atoms with Gasteiger partial charge >= 0.3 is 6.18 Å². The molecule has 0 amide bonds. The van der Waals surface area contributed by atoms with Crippen molar-refractivity contribution in [3.05, 3.63) is 29.1 Å². The van der Waals surface area contributed by atoms with Crippen LogP contribution in [-0.2, 0) is 6.18 Å². The van der Waals surface area contributed by atoms with E-state index in [1.54, 1.807) is 0 Å². The highest BCUT2D eigenvalue weighted by molar-refractivity contribution is 5.82. The van der Waals surface area contributed by atoms with Crippen LogP contribution in [0.2, 0.25) is 0 Å². The van der Waals surface area contributed by atoms with E-state index < -0.39 is 29.6 Å². The van der Waals surface area contributed by atoms with Gasteiger partial charge < -0.3 is 4.98 Å². The van der Waals surface area contributed by atoms with Crippen molar-refractivity contribution in [2.45, 2.75) is 12.6 Å². The summed E-state index contributed by atoms with van der Waals surface area (Å²) in [6, 6.07) is 2.74. The number of imidazole rings is 1. The Morgan fingerprint density at radius 3 is 2.44 bits per heavy atom. The van der Waals surface area contributed by atoms with Crippen LogP contribution in [0.1, 0.15) is 23.4 Å². The van der Waals surface area contributed by atoms with Gasteiger partial charge in [-0.15, -0.1) is 0 Å². The fraction of sp³-hybridized carbons (Fsp3) is 0.200. The van der Waals surface area contributed by atoms with Gasteiger partial charge in [0.2, 0.25) is 0 Å². The van der Waals surface area contributed by atoms with Crippen LogP contribution in [-0.4, -0.2) is 9.97 Å². The van der Waals surface area contributed by atoms with E-state index in [1.807, 2.05) is 0 Å². The van der Waals surface area contributed by atoms with Crippen LogP contribution in [0.3, 0.4) is 0 Å². The van der Waals surface area contributed by atoms with E-state index in [-0.39, 0.29) is 11.0 Å². The summed E-state index contributed by atoms with van der Waals surface area (Å²) in [6.45, 7) is 0. The average molecular weight is 261 g/mol. The fourth-order valence-corrected chi connectivity index (χ4v) is 1.49. The molecule has 1 heterocycles. The highest BCUT2D eigenvalue weighted by atomic mass is 19.4.